The van der Waals surface area contributed by atoms with E-state index >= 15 is 0 Å². The van der Waals surface area contributed by atoms with E-state index in [1.807, 2.05) is 0 Å². The Hall–Kier alpha value is -5.08. The summed E-state index contributed by atoms with van der Waals surface area (Å²) >= 11 is -2.99. The summed E-state index contributed by atoms with van der Waals surface area (Å²) in [5.74, 6) is -1.61. The summed E-state index contributed by atoms with van der Waals surface area (Å²) in [6.07, 6.45) is 0. The molecule has 212 valence electrons. The number of nitrogen functional groups attached to an aromatic ring is 1. The fourth-order valence-electron chi connectivity index (χ4n) is 3.73. The molecule has 0 heterocycles. The number of hydrogen-bond donors (Lipinski definition) is 2. The molecule has 0 radical (unpaired) electrons. The maximum Gasteiger partial charge on any atom is 0.335 e. The van der Waals surface area contributed by atoms with Gasteiger partial charge in [0.15, 0.2) is 5.75 Å². The van der Waals surface area contributed by atoms with E-state index in [9.17, 15) is 23.8 Å². The number of benzene rings is 4. The molecule has 1 atom stereocenters. The Labute approximate surface area is 236 Å². The van der Waals surface area contributed by atoms with Crippen LogP contribution in [-0.2, 0) is 11.4 Å². The van der Waals surface area contributed by atoms with Crippen LogP contribution in [0.1, 0.15) is 24.2 Å². The molecular weight excluding hydrogens is 554 g/mol. The summed E-state index contributed by atoms with van der Waals surface area (Å²) in [6, 6.07) is 14.8. The summed E-state index contributed by atoms with van der Waals surface area (Å²) < 4.78 is 38.8. The number of ether oxygens (including phenoxy) is 2. The van der Waals surface area contributed by atoms with Crippen LogP contribution >= 0.6 is 0 Å². The summed E-state index contributed by atoms with van der Waals surface area (Å²) in [5.41, 5.74) is 6.54. The zero-order valence-electron chi connectivity index (χ0n) is 21.8. The van der Waals surface area contributed by atoms with Crippen molar-refractivity contribution in [2.45, 2.75) is 13.8 Å². The Kier molecular flexibility index (Phi) is 9.06. The molecule has 0 bridgehead atoms. The number of nitrogens with two attached hydrogens (primary N) is 1. The Morgan fingerprint density at radius 1 is 0.902 bits per heavy atom. The first kappa shape index (κ1) is 28.9. The monoisotopic (exact) mass is 577 g/mol. The molecular formula is C27H23N5O8S-2. The van der Waals surface area contributed by atoms with Crippen molar-refractivity contribution in [2.75, 3.05) is 18.9 Å². The van der Waals surface area contributed by atoms with Gasteiger partial charge in [-0.25, -0.2) is 9.00 Å². The van der Waals surface area contributed by atoms with E-state index < -0.39 is 23.1 Å². The number of carboxylic acids is 1. The standard InChI is InChI=1S/C27H25N5O8S/c1-3-38-22-14-21(23(39-4-2)13-20(22)30-29-18-7-5-6-16(10-18)27(34)35)31-32-25-24(40-41(36)37)11-15-8-9-17(28)12-19(15)26(25)33/h5-14,33H,3-4,28H2,1-2H3,(H,34,35)(H,36,37)/p-2. The topological polar surface area (TPSA) is 204 Å². The lowest BCUT2D eigenvalue weighted by Gasteiger charge is -2.18. The Morgan fingerprint density at radius 3 is 2.17 bits per heavy atom. The van der Waals surface area contributed by atoms with Crippen LogP contribution in [0.2, 0.25) is 0 Å². The third kappa shape index (κ3) is 6.93. The van der Waals surface area contributed by atoms with Crippen LogP contribution in [0.15, 0.2) is 81.1 Å². The molecule has 0 spiro atoms. The smallest absolute Gasteiger partial charge is 0.335 e. The van der Waals surface area contributed by atoms with Gasteiger partial charge in [-0.3, -0.25) is 0 Å². The Balaban J connectivity index is 1.80. The third-order valence-corrected chi connectivity index (χ3v) is 5.79. The Bertz CT molecular complexity index is 1690. The summed E-state index contributed by atoms with van der Waals surface area (Å²) in [7, 11) is 0. The zero-order valence-corrected chi connectivity index (χ0v) is 22.6. The number of fused-ring (bicyclic) bond motifs is 1. The van der Waals surface area contributed by atoms with Crippen LogP contribution in [0.3, 0.4) is 0 Å². The second-order valence-corrected chi connectivity index (χ2v) is 8.80. The highest BCUT2D eigenvalue weighted by atomic mass is 32.2. The minimum Gasteiger partial charge on any atom is -0.870 e. The molecule has 14 heteroatoms. The highest BCUT2D eigenvalue weighted by Gasteiger charge is 2.15. The van der Waals surface area contributed by atoms with Gasteiger partial charge in [0.2, 0.25) is 0 Å². The van der Waals surface area contributed by atoms with Gasteiger partial charge < -0.3 is 34.2 Å². The van der Waals surface area contributed by atoms with Gasteiger partial charge in [-0.1, -0.05) is 17.9 Å². The van der Waals surface area contributed by atoms with Gasteiger partial charge in [0.05, 0.1) is 24.5 Å². The third-order valence-electron chi connectivity index (χ3n) is 5.48. The van der Waals surface area contributed by atoms with Gasteiger partial charge in [-0.15, -0.1) is 15.3 Å². The molecule has 0 aromatic heterocycles. The molecule has 0 aliphatic heterocycles. The van der Waals surface area contributed by atoms with Gasteiger partial charge >= 0.3 is 5.97 Å². The van der Waals surface area contributed by atoms with Gasteiger partial charge in [0.1, 0.15) is 39.9 Å². The number of nitrogens with zero attached hydrogens (tertiary/aromatic N) is 4. The molecule has 3 N–H and O–H groups in total. The highest BCUT2D eigenvalue weighted by molar-refractivity contribution is 7.74. The van der Waals surface area contributed by atoms with Gasteiger partial charge in [-0.05, 0) is 61.0 Å². The van der Waals surface area contributed by atoms with E-state index in [0.29, 0.717) is 16.8 Å². The van der Waals surface area contributed by atoms with Crippen molar-refractivity contribution in [1.82, 2.24) is 0 Å². The molecule has 0 saturated carbocycles. The first-order valence-electron chi connectivity index (χ1n) is 12.1. The van der Waals surface area contributed by atoms with E-state index in [1.165, 1.54) is 36.4 Å². The van der Waals surface area contributed by atoms with Gasteiger partial charge in [0.25, 0.3) is 0 Å². The van der Waals surface area contributed by atoms with Crippen LogP contribution < -0.4 is 24.5 Å². The van der Waals surface area contributed by atoms with Gasteiger partial charge in [-0.2, -0.15) is 5.11 Å². The second-order valence-electron chi connectivity index (χ2n) is 8.23. The van der Waals surface area contributed by atoms with Crippen molar-refractivity contribution in [2.24, 2.45) is 20.5 Å². The van der Waals surface area contributed by atoms with E-state index in [4.69, 9.17) is 19.4 Å². The lowest BCUT2D eigenvalue weighted by atomic mass is 10.1. The fraction of sp³-hybridized carbons (Fsp3) is 0.148. The van der Waals surface area contributed by atoms with Crippen molar-refractivity contribution in [1.29, 1.82) is 0 Å². The number of rotatable bonds is 11. The number of anilines is 1. The average Bonchev–Trinajstić information content (AvgIpc) is 2.93. The molecule has 4 aromatic rings. The fourth-order valence-corrected chi connectivity index (χ4v) is 4.00. The van der Waals surface area contributed by atoms with Crippen molar-refractivity contribution in [3.8, 4) is 23.0 Å². The Morgan fingerprint density at radius 2 is 1.56 bits per heavy atom. The maximum absolute atomic E-state index is 13.2. The molecule has 13 nitrogen and oxygen atoms in total. The summed E-state index contributed by atoms with van der Waals surface area (Å²) in [6.45, 7) is 3.99. The SMILES string of the molecule is CCOc1cc(N=Nc2c(OS(=O)[O-])cc3ccc(N)cc3c2[O-])c(OCC)cc1N=Nc1cccc(C(=O)O)c1. The molecule has 0 aliphatic carbocycles. The van der Waals surface area contributed by atoms with Crippen molar-refractivity contribution < 1.29 is 37.4 Å². The first-order valence-corrected chi connectivity index (χ1v) is 13.1. The van der Waals surface area contributed by atoms with E-state index in [2.05, 4.69) is 20.5 Å². The molecule has 1 unspecified atom stereocenters. The number of carboxylic acid groups (broad SMARTS) is 1. The molecule has 0 fully saturated rings. The van der Waals surface area contributed by atoms with E-state index in [0.717, 1.165) is 0 Å². The predicted octanol–water partition coefficient (Wildman–Crippen LogP) is 5.99. The molecule has 4 aromatic carbocycles. The number of carbonyl (C=O) groups is 1. The summed E-state index contributed by atoms with van der Waals surface area (Å²) in [4.78, 5) is 11.3. The predicted molar refractivity (Wildman–Crippen MR) is 148 cm³/mol. The zero-order chi connectivity index (χ0) is 29.5. The maximum atomic E-state index is 13.2. The van der Waals surface area contributed by atoms with Crippen LogP contribution in [-0.4, -0.2) is 33.1 Å². The minimum atomic E-state index is -2.99. The lowest BCUT2D eigenvalue weighted by molar-refractivity contribution is -0.264. The van der Waals surface area contributed by atoms with Crippen molar-refractivity contribution in [3.05, 3.63) is 66.2 Å². The normalized spacial score (nSPS) is 12.2. The minimum absolute atomic E-state index is 0.0514. The van der Waals surface area contributed by atoms with Gasteiger partial charge in [0, 0.05) is 17.8 Å². The average molecular weight is 578 g/mol. The second kappa shape index (κ2) is 12.8. The molecule has 4 rings (SSSR count). The number of hydrogen-bond acceptors (Lipinski definition) is 12. The molecule has 0 aliphatic rings. The highest BCUT2D eigenvalue weighted by Crippen LogP contribution is 2.45. The molecule has 41 heavy (non-hydrogen) atoms. The van der Waals surface area contributed by atoms with Crippen LogP contribution in [0, 0.1) is 0 Å². The first-order chi connectivity index (χ1) is 19.7. The molecule has 0 amide bonds. The van der Waals surface area contributed by atoms with Crippen LogP contribution in [0.25, 0.3) is 10.8 Å². The van der Waals surface area contributed by atoms with Crippen molar-refractivity contribution >= 4 is 56.5 Å². The quantitative estimate of drug-likeness (QED) is 0.122. The number of aromatic carboxylic acids is 1. The number of azo groups is 2. The van der Waals surface area contributed by atoms with E-state index in [-0.39, 0.29) is 58.5 Å². The van der Waals surface area contributed by atoms with E-state index in [1.54, 1.807) is 38.1 Å². The van der Waals surface area contributed by atoms with Crippen molar-refractivity contribution in [3.63, 3.8) is 0 Å². The lowest BCUT2D eigenvalue weighted by Crippen LogP contribution is -2.01. The van der Waals surface area contributed by atoms with Crippen LogP contribution in [0.5, 0.6) is 23.0 Å². The largest absolute Gasteiger partial charge is 0.870 e. The van der Waals surface area contributed by atoms with Crippen LogP contribution in [0.4, 0.5) is 28.4 Å². The summed E-state index contributed by atoms with van der Waals surface area (Å²) in [5, 5.41) is 39.5. The molecule has 0 saturated heterocycles.